The van der Waals surface area contributed by atoms with Crippen LogP contribution in [0, 0.1) is 10.1 Å². The van der Waals surface area contributed by atoms with Crippen molar-refractivity contribution in [1.82, 2.24) is 19.7 Å². The van der Waals surface area contributed by atoms with Crippen LogP contribution in [0.2, 0.25) is 0 Å². The summed E-state index contributed by atoms with van der Waals surface area (Å²) in [7, 11) is 3.21. The minimum absolute atomic E-state index is 0.0298. The van der Waals surface area contributed by atoms with Crippen molar-refractivity contribution >= 4 is 41.2 Å². The van der Waals surface area contributed by atoms with E-state index in [-0.39, 0.29) is 49.0 Å². The van der Waals surface area contributed by atoms with Crippen molar-refractivity contribution in [2.75, 3.05) is 33.7 Å². The second-order valence-electron chi connectivity index (χ2n) is 10.4. The predicted molar refractivity (Wildman–Crippen MR) is 161 cm³/mol. The van der Waals surface area contributed by atoms with E-state index in [0.717, 1.165) is 10.5 Å². The van der Waals surface area contributed by atoms with Crippen LogP contribution < -0.4 is 0 Å². The van der Waals surface area contributed by atoms with Gasteiger partial charge >= 0.3 is 0 Å². The summed E-state index contributed by atoms with van der Waals surface area (Å²) in [6.07, 6.45) is 5.90. The summed E-state index contributed by atoms with van der Waals surface area (Å²) < 4.78 is 0. The third-order valence-electron chi connectivity index (χ3n) is 6.96. The Morgan fingerprint density at radius 3 is 2.43 bits per heavy atom. The maximum absolute atomic E-state index is 13.2. The van der Waals surface area contributed by atoms with Crippen molar-refractivity contribution in [2.45, 2.75) is 35.6 Å². The smallest absolute Gasteiger partial charge is 0.283 e. The number of carbonyl (C=O) groups is 3. The van der Waals surface area contributed by atoms with Crippen molar-refractivity contribution in [3.63, 3.8) is 0 Å². The molecule has 1 aliphatic heterocycles. The first-order valence-corrected chi connectivity index (χ1v) is 14.3. The molecule has 0 aliphatic carbocycles. The Morgan fingerprint density at radius 1 is 1.05 bits per heavy atom. The number of nitro groups is 1. The van der Waals surface area contributed by atoms with E-state index in [2.05, 4.69) is 18.8 Å². The Kier molecular flexibility index (Phi) is 9.74. The van der Waals surface area contributed by atoms with Crippen LogP contribution in [0.3, 0.4) is 0 Å². The molecule has 1 unspecified atom stereocenters. The fourth-order valence-corrected chi connectivity index (χ4v) is 5.88. The van der Waals surface area contributed by atoms with Gasteiger partial charge in [-0.15, -0.1) is 0 Å². The van der Waals surface area contributed by atoms with E-state index < -0.39 is 11.0 Å². The SMILES string of the molecule is CC(C)c1ccccc1Sc1ccc(C=CC(=O)N2CCN(C(=O)c3ccncc3)C(C(=O)N(C)C)C2)cc1[N+](=O)[O-]. The van der Waals surface area contributed by atoms with Gasteiger partial charge in [-0.1, -0.05) is 49.9 Å². The fourth-order valence-electron chi connectivity index (χ4n) is 4.70. The van der Waals surface area contributed by atoms with E-state index in [1.807, 2.05) is 24.3 Å². The molecule has 1 aromatic heterocycles. The molecular weight excluding hydrogens is 554 g/mol. The average Bonchev–Trinajstić information content (AvgIpc) is 2.99. The summed E-state index contributed by atoms with van der Waals surface area (Å²) >= 11 is 1.35. The van der Waals surface area contributed by atoms with Crippen LogP contribution in [-0.4, -0.2) is 82.1 Å². The zero-order chi connectivity index (χ0) is 30.4. The van der Waals surface area contributed by atoms with Crippen LogP contribution in [-0.2, 0) is 9.59 Å². The second kappa shape index (κ2) is 13.4. The van der Waals surface area contributed by atoms with Crippen LogP contribution in [0.15, 0.2) is 82.9 Å². The molecule has 4 rings (SSSR count). The third-order valence-corrected chi connectivity index (χ3v) is 8.12. The molecule has 42 heavy (non-hydrogen) atoms. The number of pyridine rings is 1. The molecule has 1 atom stereocenters. The lowest BCUT2D eigenvalue weighted by atomic mass is 10.0. The number of hydrogen-bond donors (Lipinski definition) is 0. The average molecular weight is 588 g/mol. The minimum Gasteiger partial charge on any atom is -0.347 e. The molecule has 3 aromatic rings. The molecule has 1 aliphatic rings. The van der Waals surface area contributed by atoms with Gasteiger partial charge in [0.25, 0.3) is 11.6 Å². The summed E-state index contributed by atoms with van der Waals surface area (Å²) in [6, 6.07) is 15.1. The lowest BCUT2D eigenvalue weighted by Crippen LogP contribution is -2.61. The monoisotopic (exact) mass is 587 g/mol. The highest BCUT2D eigenvalue weighted by atomic mass is 32.2. The van der Waals surface area contributed by atoms with E-state index in [0.29, 0.717) is 16.0 Å². The first kappa shape index (κ1) is 30.4. The van der Waals surface area contributed by atoms with Crippen molar-refractivity contribution in [3.05, 3.63) is 99.9 Å². The number of hydrogen-bond acceptors (Lipinski definition) is 7. The number of aromatic nitrogens is 1. The van der Waals surface area contributed by atoms with Crippen molar-refractivity contribution in [2.24, 2.45) is 0 Å². The number of rotatable bonds is 8. The maximum Gasteiger partial charge on any atom is 0.283 e. The zero-order valence-corrected chi connectivity index (χ0v) is 24.8. The zero-order valence-electron chi connectivity index (χ0n) is 24.0. The van der Waals surface area contributed by atoms with Crippen molar-refractivity contribution < 1.29 is 19.3 Å². The molecule has 218 valence electrons. The molecule has 0 radical (unpaired) electrons. The normalized spacial score (nSPS) is 15.2. The van der Waals surface area contributed by atoms with Crippen LogP contribution >= 0.6 is 11.8 Å². The van der Waals surface area contributed by atoms with E-state index in [1.165, 1.54) is 57.1 Å². The van der Waals surface area contributed by atoms with E-state index >= 15 is 0 Å². The lowest BCUT2D eigenvalue weighted by molar-refractivity contribution is -0.387. The summed E-state index contributed by atoms with van der Waals surface area (Å²) in [6.45, 7) is 4.61. The summed E-state index contributed by atoms with van der Waals surface area (Å²) in [4.78, 5) is 60.6. The molecule has 0 bridgehead atoms. The Balaban J connectivity index is 1.51. The number of amides is 3. The Bertz CT molecular complexity index is 1510. The number of piperazine rings is 1. The van der Waals surface area contributed by atoms with Crippen molar-refractivity contribution in [3.8, 4) is 0 Å². The van der Waals surface area contributed by atoms with Crippen LogP contribution in [0.25, 0.3) is 6.08 Å². The molecule has 11 heteroatoms. The van der Waals surface area contributed by atoms with E-state index in [9.17, 15) is 24.5 Å². The largest absolute Gasteiger partial charge is 0.347 e. The number of nitrogens with zero attached hydrogens (tertiary/aromatic N) is 5. The van der Waals surface area contributed by atoms with Gasteiger partial charge in [-0.05, 0) is 47.4 Å². The van der Waals surface area contributed by atoms with Gasteiger partial charge in [0.1, 0.15) is 6.04 Å². The molecule has 2 aromatic carbocycles. The third kappa shape index (κ3) is 7.03. The van der Waals surface area contributed by atoms with E-state index in [4.69, 9.17) is 0 Å². The Morgan fingerprint density at radius 2 is 1.76 bits per heavy atom. The highest BCUT2D eigenvalue weighted by Crippen LogP contribution is 2.39. The molecule has 10 nitrogen and oxygen atoms in total. The number of nitro benzene ring substituents is 1. The van der Waals surface area contributed by atoms with Crippen LogP contribution in [0.5, 0.6) is 0 Å². The molecule has 0 N–H and O–H groups in total. The van der Waals surface area contributed by atoms with Gasteiger partial charge in [0.2, 0.25) is 11.8 Å². The molecule has 3 amide bonds. The molecule has 0 spiro atoms. The fraction of sp³-hybridized carbons (Fsp3) is 0.290. The number of benzene rings is 2. The number of likely N-dealkylation sites (N-methyl/N-ethyl adjacent to an activating group) is 1. The molecule has 1 saturated heterocycles. The van der Waals surface area contributed by atoms with Gasteiger partial charge in [0.05, 0.1) is 16.4 Å². The highest BCUT2D eigenvalue weighted by molar-refractivity contribution is 7.99. The molecule has 0 saturated carbocycles. The lowest BCUT2D eigenvalue weighted by Gasteiger charge is -2.41. The standard InChI is InChI=1S/C31H33N5O5S/c1-21(2)24-7-5-6-8-27(24)42-28-11-9-22(19-25(28)36(40)41)10-12-29(37)34-17-18-35(26(20-34)31(39)33(3)4)30(38)23-13-15-32-16-14-23/h5-16,19,21,26H,17-18,20H2,1-4H3. The topological polar surface area (TPSA) is 117 Å². The van der Waals surface area contributed by atoms with Gasteiger partial charge in [-0.2, -0.15) is 0 Å². The minimum atomic E-state index is -0.849. The van der Waals surface area contributed by atoms with Gasteiger partial charge in [-0.3, -0.25) is 29.5 Å². The summed E-state index contributed by atoms with van der Waals surface area (Å²) in [5, 5.41) is 11.9. The maximum atomic E-state index is 13.2. The first-order valence-electron chi connectivity index (χ1n) is 13.5. The quantitative estimate of drug-likeness (QED) is 0.213. The van der Waals surface area contributed by atoms with Crippen LogP contribution in [0.4, 0.5) is 5.69 Å². The van der Waals surface area contributed by atoms with Crippen LogP contribution in [0.1, 0.15) is 41.3 Å². The summed E-state index contributed by atoms with van der Waals surface area (Å²) in [5.41, 5.74) is 1.98. The Hall–Kier alpha value is -4.51. The molecule has 1 fully saturated rings. The first-order chi connectivity index (χ1) is 20.1. The molecule has 2 heterocycles. The Labute approximate surface area is 249 Å². The van der Waals surface area contributed by atoms with Gasteiger partial charge in [-0.25, -0.2) is 0 Å². The predicted octanol–water partition coefficient (Wildman–Crippen LogP) is 4.72. The van der Waals surface area contributed by atoms with Gasteiger partial charge in [0.15, 0.2) is 0 Å². The summed E-state index contributed by atoms with van der Waals surface area (Å²) in [5.74, 6) is -0.679. The van der Waals surface area contributed by atoms with Crippen molar-refractivity contribution in [1.29, 1.82) is 0 Å². The highest BCUT2D eigenvalue weighted by Gasteiger charge is 2.37. The van der Waals surface area contributed by atoms with E-state index in [1.54, 1.807) is 38.4 Å². The molecular formula is C31H33N5O5S. The van der Waals surface area contributed by atoms with Gasteiger partial charge in [0, 0.05) is 62.2 Å². The second-order valence-corrected chi connectivity index (χ2v) is 11.5. The van der Waals surface area contributed by atoms with Gasteiger partial charge < -0.3 is 14.7 Å². The number of carbonyl (C=O) groups excluding carboxylic acids is 3.